The first kappa shape index (κ1) is 22.5. The Morgan fingerprint density at radius 2 is 1.65 bits per heavy atom. The molecule has 0 aromatic carbocycles. The van der Waals surface area contributed by atoms with Crippen molar-refractivity contribution in [3.8, 4) is 0 Å². The molecule has 0 amide bonds. The molecule has 6 nitrogen and oxygen atoms in total. The molecule has 0 aromatic heterocycles. The van der Waals surface area contributed by atoms with Gasteiger partial charge in [0.1, 0.15) is 20.5 Å². The van der Waals surface area contributed by atoms with Gasteiger partial charge in [0, 0.05) is 40.4 Å². The van der Waals surface area contributed by atoms with Crippen molar-refractivity contribution in [2.24, 2.45) is 0 Å². The molecule has 5 atom stereocenters. The monoisotopic (exact) mass is 394 g/mol. The van der Waals surface area contributed by atoms with Crippen LogP contribution in [0.15, 0.2) is 0 Å². The van der Waals surface area contributed by atoms with Crippen LogP contribution in [-0.4, -0.2) is 81.4 Å². The lowest BCUT2D eigenvalue weighted by molar-refractivity contribution is -0.0419. The van der Waals surface area contributed by atoms with E-state index < -0.39 is 8.30 Å². The van der Waals surface area contributed by atoms with Crippen LogP contribution >= 0.6 is 8.30 Å². The normalized spacial score (nSPS) is 28.3. The van der Waals surface area contributed by atoms with Gasteiger partial charge < -0.3 is 23.5 Å². The topological polar surface area (TPSA) is 49.4 Å². The highest BCUT2D eigenvalue weighted by molar-refractivity contribution is 7.50. The van der Waals surface area contributed by atoms with Gasteiger partial charge in [0.15, 0.2) is 0 Å². The number of hydrogen-bond acceptors (Lipinski definition) is 6. The Kier molecular flexibility index (Phi) is 10.9. The lowest BCUT2D eigenvalue weighted by atomic mass is 10.1. The van der Waals surface area contributed by atoms with Crippen molar-refractivity contribution in [2.75, 3.05) is 40.2 Å². The lowest BCUT2D eigenvalue weighted by Gasteiger charge is -2.39. The smallest absolute Gasteiger partial charge is 0.118 e. The van der Waals surface area contributed by atoms with Crippen molar-refractivity contribution in [3.63, 3.8) is 0 Å². The van der Waals surface area contributed by atoms with E-state index in [-0.39, 0.29) is 31.3 Å². The van der Waals surface area contributed by atoms with E-state index in [1.54, 1.807) is 14.2 Å². The largest absolute Gasteiger partial charge is 0.385 e. The van der Waals surface area contributed by atoms with Gasteiger partial charge in [-0.1, -0.05) is 0 Å². The van der Waals surface area contributed by atoms with Gasteiger partial charge in [0.2, 0.25) is 0 Å². The fourth-order valence-corrected chi connectivity index (χ4v) is 5.77. The average Bonchev–Trinajstić information content (AvgIpc) is 2.90. The van der Waals surface area contributed by atoms with Crippen LogP contribution in [-0.2, 0) is 23.5 Å². The third kappa shape index (κ3) is 7.31. The number of hydrogen-bond donors (Lipinski definition) is 0. The summed E-state index contributed by atoms with van der Waals surface area (Å²) in [4.78, 5) is 0. The Hall–Kier alpha value is 0.190. The Morgan fingerprint density at radius 3 is 2.19 bits per heavy atom. The summed E-state index contributed by atoms with van der Waals surface area (Å²) in [7, 11) is 2.55. The van der Waals surface area contributed by atoms with E-state index in [4.69, 9.17) is 24.8 Å². The van der Waals surface area contributed by atoms with Crippen LogP contribution in [0.3, 0.4) is 0 Å². The van der Waals surface area contributed by atoms with E-state index >= 15 is 0 Å². The minimum absolute atomic E-state index is 0.0930. The molecule has 0 aromatic rings. The molecule has 1 fully saturated rings. The molecule has 0 bridgehead atoms. The molecule has 26 heavy (non-hydrogen) atoms. The van der Waals surface area contributed by atoms with Crippen LogP contribution in [0, 0.1) is 0 Å². The molecule has 0 radical (unpaired) electrons. The van der Waals surface area contributed by atoms with Crippen LogP contribution < -0.4 is 0 Å². The molecule has 0 saturated carbocycles. The lowest BCUT2D eigenvalue weighted by Crippen LogP contribution is -2.40. The molecule has 1 aliphatic heterocycles. The quantitative estimate of drug-likeness (QED) is 0.351. The van der Waals surface area contributed by atoms with Crippen molar-refractivity contribution in [1.29, 1.82) is 0 Å². The molecule has 1 rings (SSSR count). The molecule has 0 N–H and O–H groups in total. The van der Waals surface area contributed by atoms with Crippen molar-refractivity contribution in [3.05, 3.63) is 0 Å². The Labute approximate surface area is 163 Å². The van der Waals surface area contributed by atoms with Crippen LogP contribution in [0.1, 0.15) is 49.3 Å². The van der Waals surface area contributed by atoms with E-state index in [1.165, 1.54) is 0 Å². The maximum Gasteiger partial charge on any atom is 0.118 e. The highest BCUT2D eigenvalue weighted by Crippen LogP contribution is 2.48. The molecule has 156 valence electrons. The van der Waals surface area contributed by atoms with Gasteiger partial charge in [0.05, 0.1) is 25.4 Å². The number of ether oxygens (including phenoxy) is 4. The summed E-state index contributed by atoms with van der Waals surface area (Å²) >= 11 is 0. The average molecular weight is 395 g/mol. The van der Waals surface area contributed by atoms with E-state index in [0.29, 0.717) is 25.3 Å². The van der Waals surface area contributed by atoms with E-state index in [1.807, 2.05) is 6.92 Å². The number of methoxy groups -OCH3 is 2. The molecule has 1 aliphatic rings. The standard InChI is InChI=1S/C19H40NO5P/c1-14(2)20(15(3)4)26(13-9-10-21-7)25-19-17(6)24-16(5)18(19)23-12-11-22-8/h14-19H,9-13H2,1-8H3/t16-,17+,18-,19+,26?/m0/s1/i6D. The van der Waals surface area contributed by atoms with Crippen molar-refractivity contribution < 1.29 is 24.8 Å². The zero-order valence-electron chi connectivity index (χ0n) is 18.6. The van der Waals surface area contributed by atoms with Gasteiger partial charge in [-0.05, 0) is 47.9 Å². The molecule has 1 unspecified atom stereocenters. The van der Waals surface area contributed by atoms with Gasteiger partial charge >= 0.3 is 0 Å². The third-order valence-corrected chi connectivity index (χ3v) is 7.02. The minimum atomic E-state index is -0.843. The minimum Gasteiger partial charge on any atom is -0.385 e. The van der Waals surface area contributed by atoms with Crippen LogP contribution in [0.25, 0.3) is 0 Å². The van der Waals surface area contributed by atoms with Crippen molar-refractivity contribution >= 4 is 8.30 Å². The summed E-state index contributed by atoms with van der Waals surface area (Å²) < 4.78 is 39.4. The Balaban J connectivity index is 2.94. The zero-order valence-corrected chi connectivity index (χ0v) is 18.5. The SMILES string of the molecule is [2H]C[C@H]1O[C@@H](C)[C@H](OCCOC)[C@@H]1OP(CCCOC)N(C(C)C)C(C)C. The highest BCUT2D eigenvalue weighted by Gasteiger charge is 2.44. The van der Waals surface area contributed by atoms with Crippen molar-refractivity contribution in [2.45, 2.75) is 84.4 Å². The molecular formula is C19H40NO5P. The fourth-order valence-electron chi connectivity index (χ4n) is 3.35. The first-order valence-corrected chi connectivity index (χ1v) is 11.0. The summed E-state index contributed by atoms with van der Waals surface area (Å²) in [6.07, 6.45) is 1.11. The van der Waals surface area contributed by atoms with Crippen LogP contribution in [0.5, 0.6) is 0 Å². The molecular weight excluding hydrogens is 353 g/mol. The summed E-state index contributed by atoms with van der Waals surface area (Å²) in [5, 5.41) is 0. The van der Waals surface area contributed by atoms with Gasteiger partial charge in [-0.3, -0.25) is 4.67 Å². The fraction of sp³-hybridized carbons (Fsp3) is 1.00. The molecule has 1 saturated heterocycles. The second kappa shape index (κ2) is 12.6. The third-order valence-electron chi connectivity index (χ3n) is 4.40. The van der Waals surface area contributed by atoms with E-state index in [9.17, 15) is 0 Å². The maximum atomic E-state index is 7.90. The zero-order chi connectivity index (χ0) is 20.4. The molecule has 0 aliphatic carbocycles. The maximum absolute atomic E-state index is 7.90. The summed E-state index contributed by atoms with van der Waals surface area (Å²) in [5.74, 6) is 0. The Morgan fingerprint density at radius 1 is 1.00 bits per heavy atom. The number of rotatable bonds is 13. The van der Waals surface area contributed by atoms with Gasteiger partial charge in [0.25, 0.3) is 0 Å². The first-order valence-electron chi connectivity index (χ1n) is 10.3. The predicted octanol–water partition coefficient (Wildman–Crippen LogP) is 3.68. The van der Waals surface area contributed by atoms with Crippen LogP contribution in [0.4, 0.5) is 0 Å². The first-order chi connectivity index (χ1) is 12.9. The highest BCUT2D eigenvalue weighted by atomic mass is 31.2. The molecule has 1 heterocycles. The van der Waals surface area contributed by atoms with Crippen molar-refractivity contribution in [1.82, 2.24) is 4.67 Å². The summed E-state index contributed by atoms with van der Waals surface area (Å²) in [6.45, 7) is 12.7. The summed E-state index contributed by atoms with van der Waals surface area (Å²) in [6, 6.07) is 0.751. The number of nitrogens with zero attached hydrogens (tertiary/aromatic N) is 1. The molecule has 7 heteroatoms. The predicted molar refractivity (Wildman–Crippen MR) is 107 cm³/mol. The van der Waals surface area contributed by atoms with Gasteiger partial charge in [-0.15, -0.1) is 0 Å². The van der Waals surface area contributed by atoms with Crippen LogP contribution in [0.2, 0.25) is 0 Å². The molecule has 0 spiro atoms. The van der Waals surface area contributed by atoms with E-state index in [0.717, 1.165) is 19.2 Å². The summed E-state index contributed by atoms with van der Waals surface area (Å²) in [5.41, 5.74) is 0. The second-order valence-corrected chi connectivity index (χ2v) is 9.09. The Bertz CT molecular complexity index is 383. The van der Waals surface area contributed by atoms with Gasteiger partial charge in [-0.25, -0.2) is 0 Å². The second-order valence-electron chi connectivity index (χ2n) is 7.27. The van der Waals surface area contributed by atoms with E-state index in [2.05, 4.69) is 32.4 Å². The van der Waals surface area contributed by atoms with Gasteiger partial charge in [-0.2, -0.15) is 0 Å².